The van der Waals surface area contributed by atoms with Crippen LogP contribution >= 0.6 is 0 Å². The Morgan fingerprint density at radius 3 is 2.32 bits per heavy atom. The lowest BCUT2D eigenvalue weighted by molar-refractivity contribution is -0.218. The van der Waals surface area contributed by atoms with Crippen LogP contribution in [-0.2, 0) is 42.9 Å². The Hall–Kier alpha value is -2.84. The summed E-state index contributed by atoms with van der Waals surface area (Å²) in [7, 11) is 1.34. The molecule has 2 fully saturated rings. The maximum Gasteiger partial charge on any atom is 0.312 e. The fourth-order valence-electron chi connectivity index (χ4n) is 6.40. The first-order valence-electron chi connectivity index (χ1n) is 13.5. The molecule has 0 N–H and O–H groups in total. The molecule has 3 rings (SSSR count). The number of carbonyl (C=O) groups excluding carboxylic acids is 4. The van der Waals surface area contributed by atoms with Crippen molar-refractivity contribution < 1.29 is 42.9 Å². The first-order valence-corrected chi connectivity index (χ1v) is 13.5. The third-order valence-electron chi connectivity index (χ3n) is 8.42. The molecule has 0 spiro atoms. The highest BCUT2D eigenvalue weighted by Gasteiger charge is 2.62. The Morgan fingerprint density at radius 1 is 1.08 bits per heavy atom. The zero-order valence-corrected chi connectivity index (χ0v) is 23.8. The van der Waals surface area contributed by atoms with Crippen LogP contribution in [0.3, 0.4) is 0 Å². The van der Waals surface area contributed by atoms with E-state index < -0.39 is 59.1 Å². The normalized spacial score (nSPS) is 35.0. The van der Waals surface area contributed by atoms with Crippen LogP contribution in [0.25, 0.3) is 0 Å². The van der Waals surface area contributed by atoms with Crippen LogP contribution in [0.2, 0.25) is 0 Å². The SMILES string of the molecule is CCCC(=O)OC1CCC2(C)C=CC(C(C)C(=O)OC)=C(O2)C2C(C)C(OC(C)=O)CC(OC(C)=O)C12C. The number of ether oxygens (including phenoxy) is 5. The molecule has 8 unspecified atom stereocenters. The number of allylic oxidation sites excluding steroid dienone is 2. The van der Waals surface area contributed by atoms with Crippen LogP contribution in [-0.4, -0.2) is 54.9 Å². The van der Waals surface area contributed by atoms with E-state index in [9.17, 15) is 19.2 Å². The summed E-state index contributed by atoms with van der Waals surface area (Å²) in [5.41, 5.74) is -1.01. The summed E-state index contributed by atoms with van der Waals surface area (Å²) in [5.74, 6) is -2.60. The van der Waals surface area contributed by atoms with Crippen molar-refractivity contribution in [2.75, 3.05) is 7.11 Å². The van der Waals surface area contributed by atoms with Gasteiger partial charge in [-0.3, -0.25) is 19.2 Å². The van der Waals surface area contributed by atoms with E-state index in [0.717, 1.165) is 0 Å². The van der Waals surface area contributed by atoms with E-state index in [2.05, 4.69) is 0 Å². The Balaban J connectivity index is 2.29. The monoisotopic (exact) mass is 534 g/mol. The van der Waals surface area contributed by atoms with Gasteiger partial charge >= 0.3 is 23.9 Å². The first-order chi connectivity index (χ1) is 17.8. The van der Waals surface area contributed by atoms with Gasteiger partial charge in [0.1, 0.15) is 29.7 Å². The molecule has 212 valence electrons. The van der Waals surface area contributed by atoms with Gasteiger partial charge in [-0.1, -0.05) is 26.8 Å². The van der Waals surface area contributed by atoms with E-state index in [1.165, 1.54) is 21.0 Å². The standard InChI is InChI=1S/C29H42O9/c1-9-10-24(32)37-22-12-14-28(6)13-11-20(16(2)27(33)34-8)26(38-28)25-17(3)21(35-18(4)30)15-23(29(22,25)7)36-19(5)31/h11,13,16-17,21-23,25H,9-10,12,14-15H2,1-8H3. The molecule has 2 bridgehead atoms. The zero-order valence-electron chi connectivity index (χ0n) is 23.8. The van der Waals surface area contributed by atoms with E-state index in [4.69, 9.17) is 23.7 Å². The number of rotatable bonds is 7. The molecule has 0 aromatic rings. The Bertz CT molecular complexity index is 1010. The van der Waals surface area contributed by atoms with Crippen LogP contribution in [0, 0.1) is 23.2 Å². The van der Waals surface area contributed by atoms with Gasteiger partial charge in [-0.25, -0.2) is 0 Å². The van der Waals surface area contributed by atoms with Crippen molar-refractivity contribution in [1.82, 2.24) is 0 Å². The van der Waals surface area contributed by atoms with Gasteiger partial charge in [-0.05, 0) is 39.2 Å². The van der Waals surface area contributed by atoms with E-state index in [1.807, 2.05) is 39.8 Å². The van der Waals surface area contributed by atoms with Gasteiger partial charge in [0.15, 0.2) is 0 Å². The minimum absolute atomic E-state index is 0.247. The summed E-state index contributed by atoms with van der Waals surface area (Å²) in [6, 6.07) is 0. The molecular formula is C29H42O9. The van der Waals surface area contributed by atoms with Gasteiger partial charge in [-0.15, -0.1) is 0 Å². The van der Waals surface area contributed by atoms with E-state index >= 15 is 0 Å². The lowest BCUT2D eigenvalue weighted by Crippen LogP contribution is -2.62. The summed E-state index contributed by atoms with van der Waals surface area (Å²) >= 11 is 0. The number of hydrogen-bond donors (Lipinski definition) is 0. The van der Waals surface area contributed by atoms with Crippen molar-refractivity contribution in [2.45, 2.75) is 104 Å². The third kappa shape index (κ3) is 5.76. The van der Waals surface area contributed by atoms with Crippen LogP contribution < -0.4 is 0 Å². The summed E-state index contributed by atoms with van der Waals surface area (Å²) < 4.78 is 29.6. The van der Waals surface area contributed by atoms with Crippen LogP contribution in [0.4, 0.5) is 0 Å². The van der Waals surface area contributed by atoms with Crippen LogP contribution in [0.1, 0.15) is 80.6 Å². The number of fused-ring (bicyclic) bond motifs is 4. The summed E-state index contributed by atoms with van der Waals surface area (Å²) in [5, 5.41) is 0. The highest BCUT2D eigenvalue weighted by atomic mass is 16.6. The lowest BCUT2D eigenvalue weighted by atomic mass is 9.55. The summed E-state index contributed by atoms with van der Waals surface area (Å²) in [6.07, 6.45) is 4.05. The molecule has 8 atom stereocenters. The molecule has 2 aliphatic heterocycles. The second-order valence-electron chi connectivity index (χ2n) is 11.3. The summed E-state index contributed by atoms with van der Waals surface area (Å²) in [4.78, 5) is 49.9. The number of carbonyl (C=O) groups is 4. The molecule has 0 amide bonds. The van der Waals surface area contributed by atoms with Crippen molar-refractivity contribution >= 4 is 23.9 Å². The lowest BCUT2D eigenvalue weighted by Gasteiger charge is -2.57. The molecule has 9 nitrogen and oxygen atoms in total. The predicted molar refractivity (Wildman–Crippen MR) is 137 cm³/mol. The highest BCUT2D eigenvalue weighted by Crippen LogP contribution is 2.58. The smallest absolute Gasteiger partial charge is 0.312 e. The third-order valence-corrected chi connectivity index (χ3v) is 8.42. The Kier molecular flexibility index (Phi) is 8.99. The molecule has 3 aliphatic rings. The fourth-order valence-corrected chi connectivity index (χ4v) is 6.40. The molecule has 2 heterocycles. The van der Waals surface area contributed by atoms with Crippen LogP contribution in [0.15, 0.2) is 23.5 Å². The molecule has 9 heteroatoms. The quantitative estimate of drug-likeness (QED) is 0.346. The van der Waals surface area contributed by atoms with Gasteiger partial charge < -0.3 is 23.7 Å². The Morgan fingerprint density at radius 2 is 1.74 bits per heavy atom. The maximum atomic E-state index is 12.9. The highest BCUT2D eigenvalue weighted by molar-refractivity contribution is 5.76. The summed E-state index contributed by atoms with van der Waals surface area (Å²) in [6.45, 7) is 12.2. The largest absolute Gasteiger partial charge is 0.487 e. The fraction of sp³-hybridized carbons (Fsp3) is 0.724. The number of esters is 4. The van der Waals surface area contributed by atoms with Gasteiger partial charge in [0.2, 0.25) is 0 Å². The van der Waals surface area contributed by atoms with Crippen molar-refractivity contribution in [2.24, 2.45) is 23.2 Å². The van der Waals surface area contributed by atoms with E-state index in [-0.39, 0.29) is 24.7 Å². The van der Waals surface area contributed by atoms with E-state index in [0.29, 0.717) is 30.6 Å². The van der Waals surface area contributed by atoms with Gasteiger partial charge in [0.05, 0.1) is 18.4 Å². The Labute approximate surface area is 225 Å². The minimum atomic E-state index is -0.936. The van der Waals surface area contributed by atoms with Crippen LogP contribution in [0.5, 0.6) is 0 Å². The number of hydrogen-bond acceptors (Lipinski definition) is 9. The topological polar surface area (TPSA) is 114 Å². The first kappa shape index (κ1) is 29.7. The zero-order chi connectivity index (χ0) is 28.4. The molecular weight excluding hydrogens is 492 g/mol. The van der Waals surface area contributed by atoms with Crippen molar-refractivity contribution in [3.8, 4) is 0 Å². The van der Waals surface area contributed by atoms with Gasteiger partial charge in [-0.2, -0.15) is 0 Å². The van der Waals surface area contributed by atoms with Crippen molar-refractivity contribution in [3.05, 3.63) is 23.5 Å². The molecule has 0 aromatic heterocycles. The molecule has 0 aromatic carbocycles. The number of methoxy groups -OCH3 is 1. The second kappa shape index (κ2) is 11.5. The maximum absolute atomic E-state index is 12.9. The minimum Gasteiger partial charge on any atom is -0.487 e. The second-order valence-corrected chi connectivity index (χ2v) is 11.3. The van der Waals surface area contributed by atoms with E-state index in [1.54, 1.807) is 6.92 Å². The van der Waals surface area contributed by atoms with Gasteiger partial charge in [0, 0.05) is 44.1 Å². The average molecular weight is 535 g/mol. The average Bonchev–Trinajstić information content (AvgIpc) is 2.83. The molecule has 1 saturated carbocycles. The van der Waals surface area contributed by atoms with Crippen molar-refractivity contribution in [3.63, 3.8) is 0 Å². The van der Waals surface area contributed by atoms with Gasteiger partial charge in [0.25, 0.3) is 0 Å². The predicted octanol–water partition coefficient (Wildman–Crippen LogP) is 4.43. The molecule has 0 radical (unpaired) electrons. The molecule has 1 saturated heterocycles. The molecule has 38 heavy (non-hydrogen) atoms. The molecule has 1 aliphatic carbocycles. The van der Waals surface area contributed by atoms with Crippen molar-refractivity contribution in [1.29, 1.82) is 0 Å².